The number of hydrogen-bond donors (Lipinski definition) is 0. The Bertz CT molecular complexity index is 309. The van der Waals surface area contributed by atoms with Gasteiger partial charge in [-0.2, -0.15) is 0 Å². The Morgan fingerprint density at radius 3 is 2.54 bits per heavy atom. The van der Waals surface area contributed by atoms with Crippen molar-refractivity contribution in [2.24, 2.45) is 0 Å². The maximum atomic E-state index is 10.8. The van der Waals surface area contributed by atoms with E-state index >= 15 is 0 Å². The van der Waals surface area contributed by atoms with Crippen molar-refractivity contribution in [2.75, 3.05) is 6.54 Å². The molecule has 0 atom stereocenters. The maximum absolute atomic E-state index is 10.8. The summed E-state index contributed by atoms with van der Waals surface area (Å²) in [4.78, 5) is 19.9. The van der Waals surface area contributed by atoms with Crippen molar-refractivity contribution in [1.29, 1.82) is 0 Å². The van der Waals surface area contributed by atoms with Gasteiger partial charge in [-0.15, -0.1) is 0 Å². The second-order valence-corrected chi connectivity index (χ2v) is 2.28. The summed E-state index contributed by atoms with van der Waals surface area (Å²) in [6.07, 6.45) is 0. The zero-order chi connectivity index (χ0) is 9.68. The van der Waals surface area contributed by atoms with Crippen molar-refractivity contribution in [2.45, 2.75) is 0 Å². The molecule has 0 saturated carbocycles. The van der Waals surface area contributed by atoms with Crippen LogP contribution in [0.4, 0.5) is 0 Å². The number of para-hydroxylation sites is 1. The first-order valence-electron chi connectivity index (χ1n) is 3.56. The van der Waals surface area contributed by atoms with E-state index in [1.807, 2.05) is 0 Å². The van der Waals surface area contributed by atoms with Crippen LogP contribution >= 0.6 is 0 Å². The minimum absolute atomic E-state index is 0.314. The Hall–Kier alpha value is -1.91. The lowest BCUT2D eigenvalue weighted by atomic mass is 10.3. The van der Waals surface area contributed by atoms with Crippen molar-refractivity contribution in [3.05, 3.63) is 40.4 Å². The van der Waals surface area contributed by atoms with E-state index in [1.54, 1.807) is 30.3 Å². The lowest BCUT2D eigenvalue weighted by Crippen LogP contribution is -2.19. The molecule has 5 heteroatoms. The van der Waals surface area contributed by atoms with Crippen LogP contribution in [0.2, 0.25) is 0 Å². The lowest BCUT2D eigenvalue weighted by molar-refractivity contribution is -0.469. The fraction of sp³-hybridized carbons (Fsp3) is 0.125. The minimum Gasteiger partial charge on any atom is -0.422 e. The fourth-order valence-corrected chi connectivity index (χ4v) is 0.758. The van der Waals surface area contributed by atoms with Crippen LogP contribution in [0.3, 0.4) is 0 Å². The molecule has 0 heterocycles. The summed E-state index contributed by atoms with van der Waals surface area (Å²) >= 11 is 0. The third kappa shape index (κ3) is 3.33. The highest BCUT2D eigenvalue weighted by Gasteiger charge is 2.11. The number of esters is 1. The largest absolute Gasteiger partial charge is 0.422 e. The van der Waals surface area contributed by atoms with Gasteiger partial charge in [-0.1, -0.05) is 18.2 Å². The molecule has 0 unspecified atom stereocenters. The molecule has 13 heavy (non-hydrogen) atoms. The molecule has 0 fully saturated rings. The van der Waals surface area contributed by atoms with Crippen LogP contribution in [-0.2, 0) is 4.79 Å². The van der Waals surface area contributed by atoms with E-state index in [0.717, 1.165) is 0 Å². The molecule has 0 aliphatic carbocycles. The molecule has 0 N–H and O–H groups in total. The standard InChI is InChI=1S/C8H7NO4/c10-8(6-9(11)12)13-7-4-2-1-3-5-7/h1-5H,6H2. The number of benzene rings is 1. The summed E-state index contributed by atoms with van der Waals surface area (Å²) in [6, 6.07) is 8.21. The summed E-state index contributed by atoms with van der Waals surface area (Å²) < 4.78 is 4.64. The molecule has 1 aromatic carbocycles. The van der Waals surface area contributed by atoms with Gasteiger partial charge in [0, 0.05) is 4.92 Å². The highest BCUT2D eigenvalue weighted by molar-refractivity contribution is 5.73. The fourth-order valence-electron chi connectivity index (χ4n) is 0.758. The highest BCUT2D eigenvalue weighted by Crippen LogP contribution is 2.07. The van der Waals surface area contributed by atoms with E-state index < -0.39 is 17.4 Å². The van der Waals surface area contributed by atoms with Crippen molar-refractivity contribution in [3.63, 3.8) is 0 Å². The van der Waals surface area contributed by atoms with Crippen molar-refractivity contribution >= 4 is 5.97 Å². The van der Waals surface area contributed by atoms with Crippen LogP contribution in [0.1, 0.15) is 0 Å². The van der Waals surface area contributed by atoms with E-state index in [2.05, 4.69) is 4.74 Å². The molecule has 0 aliphatic rings. The van der Waals surface area contributed by atoms with E-state index in [1.165, 1.54) is 0 Å². The van der Waals surface area contributed by atoms with Gasteiger partial charge in [0.2, 0.25) is 0 Å². The summed E-state index contributed by atoms with van der Waals surface area (Å²) in [5.41, 5.74) is 0. The summed E-state index contributed by atoms with van der Waals surface area (Å²) in [7, 11) is 0. The van der Waals surface area contributed by atoms with E-state index in [0.29, 0.717) is 5.75 Å². The van der Waals surface area contributed by atoms with Gasteiger partial charge in [-0.3, -0.25) is 10.1 Å². The minimum atomic E-state index is -0.865. The molecule has 68 valence electrons. The average Bonchev–Trinajstić information content (AvgIpc) is 2.04. The molecular weight excluding hydrogens is 174 g/mol. The lowest BCUT2D eigenvalue weighted by Gasteiger charge is -1.99. The first kappa shape index (κ1) is 9.18. The second kappa shape index (κ2) is 4.20. The number of nitro groups is 1. The van der Waals surface area contributed by atoms with Crippen molar-refractivity contribution in [1.82, 2.24) is 0 Å². The van der Waals surface area contributed by atoms with Crippen LogP contribution in [0, 0.1) is 10.1 Å². The van der Waals surface area contributed by atoms with E-state index in [-0.39, 0.29) is 0 Å². The normalized spacial score (nSPS) is 9.23. The topological polar surface area (TPSA) is 69.4 Å². The maximum Gasteiger partial charge on any atom is 0.383 e. The Kier molecular flexibility index (Phi) is 2.97. The zero-order valence-corrected chi connectivity index (χ0v) is 6.67. The van der Waals surface area contributed by atoms with Gasteiger partial charge in [0.25, 0.3) is 6.54 Å². The molecule has 1 rings (SSSR count). The Labute approximate surface area is 74.1 Å². The number of nitrogens with zero attached hydrogens (tertiary/aromatic N) is 1. The van der Waals surface area contributed by atoms with Gasteiger partial charge in [0.05, 0.1) is 0 Å². The Morgan fingerprint density at radius 2 is 2.00 bits per heavy atom. The van der Waals surface area contributed by atoms with Gasteiger partial charge >= 0.3 is 5.97 Å². The number of carbonyl (C=O) groups excluding carboxylic acids is 1. The summed E-state index contributed by atoms with van der Waals surface area (Å²) in [5.74, 6) is -0.550. The third-order valence-electron chi connectivity index (χ3n) is 1.23. The first-order valence-corrected chi connectivity index (χ1v) is 3.56. The van der Waals surface area contributed by atoms with E-state index in [9.17, 15) is 14.9 Å². The van der Waals surface area contributed by atoms with Crippen LogP contribution < -0.4 is 4.74 Å². The number of carbonyl (C=O) groups is 1. The van der Waals surface area contributed by atoms with Gasteiger partial charge < -0.3 is 4.74 Å². The van der Waals surface area contributed by atoms with Crippen molar-refractivity contribution in [3.8, 4) is 5.75 Å². The van der Waals surface area contributed by atoms with E-state index in [4.69, 9.17) is 0 Å². The van der Waals surface area contributed by atoms with Crippen LogP contribution in [-0.4, -0.2) is 17.4 Å². The van der Waals surface area contributed by atoms with Crippen LogP contribution in [0.15, 0.2) is 30.3 Å². The molecular formula is C8H7NO4. The molecule has 0 spiro atoms. The van der Waals surface area contributed by atoms with Crippen LogP contribution in [0.5, 0.6) is 5.75 Å². The van der Waals surface area contributed by atoms with Crippen molar-refractivity contribution < 1.29 is 14.5 Å². The number of hydrogen-bond acceptors (Lipinski definition) is 4. The molecule has 1 aromatic rings. The molecule has 0 saturated heterocycles. The van der Waals surface area contributed by atoms with Crippen LogP contribution in [0.25, 0.3) is 0 Å². The molecule has 0 bridgehead atoms. The number of rotatable bonds is 3. The molecule has 0 aliphatic heterocycles. The van der Waals surface area contributed by atoms with Gasteiger partial charge in [-0.05, 0) is 12.1 Å². The SMILES string of the molecule is O=C(C[N+](=O)[O-])Oc1ccccc1. The molecule has 0 aromatic heterocycles. The smallest absolute Gasteiger partial charge is 0.383 e. The molecule has 0 radical (unpaired) electrons. The first-order chi connectivity index (χ1) is 6.18. The summed E-state index contributed by atoms with van der Waals surface area (Å²) in [5, 5.41) is 9.90. The second-order valence-electron chi connectivity index (χ2n) is 2.28. The highest BCUT2D eigenvalue weighted by atomic mass is 16.6. The third-order valence-corrected chi connectivity index (χ3v) is 1.23. The van der Waals surface area contributed by atoms with Gasteiger partial charge in [-0.25, -0.2) is 4.79 Å². The zero-order valence-electron chi connectivity index (χ0n) is 6.67. The Balaban J connectivity index is 2.50. The quantitative estimate of drug-likeness (QED) is 0.300. The summed E-state index contributed by atoms with van der Waals surface area (Å²) in [6.45, 7) is -0.811. The average molecular weight is 181 g/mol. The molecule has 0 amide bonds. The predicted octanol–water partition coefficient (Wildman–Crippen LogP) is 0.869. The predicted molar refractivity (Wildman–Crippen MR) is 43.9 cm³/mol. The number of ether oxygens (including phenoxy) is 1. The Morgan fingerprint density at radius 1 is 1.38 bits per heavy atom. The van der Waals surface area contributed by atoms with Gasteiger partial charge in [0.1, 0.15) is 5.75 Å². The molecule has 5 nitrogen and oxygen atoms in total. The van der Waals surface area contributed by atoms with Gasteiger partial charge in [0.15, 0.2) is 0 Å². The monoisotopic (exact) mass is 181 g/mol.